The molecule has 16 heavy (non-hydrogen) atoms. The lowest BCUT2D eigenvalue weighted by Crippen LogP contribution is -2.31. The Kier molecular flexibility index (Phi) is 4.39. The van der Waals surface area contributed by atoms with Gasteiger partial charge in [-0.1, -0.05) is 32.4 Å². The fourth-order valence-electron chi connectivity index (χ4n) is 1.88. The van der Waals surface area contributed by atoms with Gasteiger partial charge in [0.1, 0.15) is 5.15 Å². The summed E-state index contributed by atoms with van der Waals surface area (Å²) in [7, 11) is 1.89. The van der Waals surface area contributed by atoms with Crippen molar-refractivity contribution < 1.29 is 0 Å². The molecule has 0 aliphatic carbocycles. The van der Waals surface area contributed by atoms with Crippen LogP contribution in [-0.2, 0) is 13.5 Å². The SMILES string of the molecule is CCNCC(C)(C)Cc1c(C)nn(C)c1Cl. The zero-order chi connectivity index (χ0) is 12.3. The summed E-state index contributed by atoms with van der Waals surface area (Å²) in [6.07, 6.45) is 0.957. The minimum absolute atomic E-state index is 0.202. The molecule has 1 aromatic rings. The highest BCUT2D eigenvalue weighted by atomic mass is 35.5. The molecule has 0 radical (unpaired) electrons. The molecule has 0 unspecified atom stereocenters. The molecule has 0 amide bonds. The van der Waals surface area contributed by atoms with Crippen molar-refractivity contribution in [3.05, 3.63) is 16.4 Å². The number of hydrogen-bond acceptors (Lipinski definition) is 2. The number of nitrogens with zero attached hydrogens (tertiary/aromatic N) is 2. The Balaban J connectivity index is 2.79. The first kappa shape index (κ1) is 13.5. The minimum Gasteiger partial charge on any atom is -0.316 e. The molecule has 0 aromatic carbocycles. The van der Waals surface area contributed by atoms with Crippen LogP contribution in [-0.4, -0.2) is 22.9 Å². The van der Waals surface area contributed by atoms with Gasteiger partial charge < -0.3 is 5.32 Å². The normalized spacial score (nSPS) is 12.1. The Labute approximate surface area is 103 Å². The molecular weight excluding hydrogens is 222 g/mol. The van der Waals surface area contributed by atoms with Gasteiger partial charge in [0.25, 0.3) is 0 Å². The van der Waals surface area contributed by atoms with Crippen LogP contribution in [0.4, 0.5) is 0 Å². The summed E-state index contributed by atoms with van der Waals surface area (Å²) in [6, 6.07) is 0. The van der Waals surface area contributed by atoms with Gasteiger partial charge in [-0.3, -0.25) is 4.68 Å². The van der Waals surface area contributed by atoms with Gasteiger partial charge in [0.15, 0.2) is 0 Å². The third-order valence-corrected chi connectivity index (χ3v) is 3.25. The van der Waals surface area contributed by atoms with Gasteiger partial charge in [-0.15, -0.1) is 0 Å². The number of nitrogens with one attached hydrogen (secondary N) is 1. The molecule has 1 rings (SSSR count). The summed E-state index contributed by atoms with van der Waals surface area (Å²) in [5.74, 6) is 0. The van der Waals surface area contributed by atoms with Crippen LogP contribution in [0.15, 0.2) is 0 Å². The predicted molar refractivity (Wildman–Crippen MR) is 69.0 cm³/mol. The number of halogens is 1. The number of rotatable bonds is 5. The molecule has 4 heteroatoms. The number of aryl methyl sites for hydroxylation is 2. The van der Waals surface area contributed by atoms with E-state index >= 15 is 0 Å². The monoisotopic (exact) mass is 243 g/mol. The molecule has 0 atom stereocenters. The first-order valence-electron chi connectivity index (χ1n) is 5.76. The van der Waals surface area contributed by atoms with Gasteiger partial charge in [0, 0.05) is 19.2 Å². The maximum Gasteiger partial charge on any atom is 0.130 e. The smallest absolute Gasteiger partial charge is 0.130 e. The van der Waals surface area contributed by atoms with Crippen LogP contribution in [0.1, 0.15) is 32.0 Å². The summed E-state index contributed by atoms with van der Waals surface area (Å²) in [5, 5.41) is 8.49. The quantitative estimate of drug-likeness (QED) is 0.862. The zero-order valence-electron chi connectivity index (χ0n) is 10.9. The topological polar surface area (TPSA) is 29.9 Å². The molecule has 0 aliphatic rings. The van der Waals surface area contributed by atoms with Crippen molar-refractivity contribution in [2.24, 2.45) is 12.5 Å². The Hall–Kier alpha value is -0.540. The van der Waals surface area contributed by atoms with Crippen LogP contribution in [0.2, 0.25) is 5.15 Å². The van der Waals surface area contributed by atoms with E-state index in [1.807, 2.05) is 14.0 Å². The molecule has 1 aromatic heterocycles. The molecule has 0 bridgehead atoms. The second-order valence-corrected chi connectivity index (χ2v) is 5.46. The van der Waals surface area contributed by atoms with Crippen LogP contribution in [0.5, 0.6) is 0 Å². The van der Waals surface area contributed by atoms with E-state index in [9.17, 15) is 0 Å². The van der Waals surface area contributed by atoms with Gasteiger partial charge in [0.05, 0.1) is 5.69 Å². The summed E-state index contributed by atoms with van der Waals surface area (Å²) in [5.41, 5.74) is 2.41. The van der Waals surface area contributed by atoms with E-state index in [1.54, 1.807) is 4.68 Å². The molecule has 0 spiro atoms. The molecule has 0 fully saturated rings. The second kappa shape index (κ2) is 5.19. The standard InChI is InChI=1S/C12H22ClN3/c1-6-14-8-12(3,4)7-10-9(2)15-16(5)11(10)13/h14H,6-8H2,1-5H3. The second-order valence-electron chi connectivity index (χ2n) is 5.10. The van der Waals surface area contributed by atoms with Crippen molar-refractivity contribution in [1.29, 1.82) is 0 Å². The fraction of sp³-hybridized carbons (Fsp3) is 0.750. The van der Waals surface area contributed by atoms with Gasteiger partial charge >= 0.3 is 0 Å². The van der Waals surface area contributed by atoms with Crippen LogP contribution in [0.25, 0.3) is 0 Å². The summed E-state index contributed by atoms with van der Waals surface area (Å²) in [6.45, 7) is 10.6. The number of hydrogen-bond donors (Lipinski definition) is 1. The van der Waals surface area contributed by atoms with Gasteiger partial charge in [0.2, 0.25) is 0 Å². The van der Waals surface area contributed by atoms with E-state index in [4.69, 9.17) is 11.6 Å². The first-order valence-corrected chi connectivity index (χ1v) is 6.14. The lowest BCUT2D eigenvalue weighted by molar-refractivity contribution is 0.341. The Morgan fingerprint density at radius 3 is 2.50 bits per heavy atom. The largest absolute Gasteiger partial charge is 0.316 e. The van der Waals surface area contributed by atoms with Crippen molar-refractivity contribution in [2.45, 2.75) is 34.1 Å². The van der Waals surface area contributed by atoms with E-state index in [2.05, 4.69) is 31.2 Å². The number of aromatic nitrogens is 2. The zero-order valence-corrected chi connectivity index (χ0v) is 11.6. The van der Waals surface area contributed by atoms with Gasteiger partial charge in [-0.05, 0) is 25.3 Å². The molecule has 0 saturated heterocycles. The highest BCUT2D eigenvalue weighted by Crippen LogP contribution is 2.27. The van der Waals surface area contributed by atoms with Crippen molar-refractivity contribution in [1.82, 2.24) is 15.1 Å². The first-order chi connectivity index (χ1) is 7.37. The third kappa shape index (κ3) is 3.22. The lowest BCUT2D eigenvalue weighted by atomic mass is 9.86. The van der Waals surface area contributed by atoms with E-state index in [1.165, 1.54) is 5.56 Å². The maximum absolute atomic E-state index is 6.23. The molecule has 92 valence electrons. The average molecular weight is 244 g/mol. The van der Waals surface area contributed by atoms with Crippen LogP contribution >= 0.6 is 11.6 Å². The Morgan fingerprint density at radius 2 is 2.06 bits per heavy atom. The van der Waals surface area contributed by atoms with Gasteiger partial charge in [-0.25, -0.2) is 0 Å². The van der Waals surface area contributed by atoms with Crippen LogP contribution in [0.3, 0.4) is 0 Å². The Morgan fingerprint density at radius 1 is 1.44 bits per heavy atom. The van der Waals surface area contributed by atoms with Crippen LogP contribution in [0, 0.1) is 12.3 Å². The third-order valence-electron chi connectivity index (χ3n) is 2.78. The highest BCUT2D eigenvalue weighted by molar-refractivity contribution is 6.30. The van der Waals surface area contributed by atoms with E-state index in [-0.39, 0.29) is 5.41 Å². The fourth-order valence-corrected chi connectivity index (χ4v) is 2.12. The average Bonchev–Trinajstić information content (AvgIpc) is 2.42. The highest BCUT2D eigenvalue weighted by Gasteiger charge is 2.22. The molecule has 0 aliphatic heterocycles. The van der Waals surface area contributed by atoms with Crippen molar-refractivity contribution >= 4 is 11.6 Å². The molecular formula is C12H22ClN3. The van der Waals surface area contributed by atoms with Crippen LogP contribution < -0.4 is 5.32 Å². The molecule has 3 nitrogen and oxygen atoms in total. The predicted octanol–water partition coefficient (Wildman–Crippen LogP) is 2.56. The van der Waals surface area contributed by atoms with Crippen molar-refractivity contribution in [2.75, 3.05) is 13.1 Å². The maximum atomic E-state index is 6.23. The Bertz CT molecular complexity index is 355. The summed E-state index contributed by atoms with van der Waals surface area (Å²) in [4.78, 5) is 0. The summed E-state index contributed by atoms with van der Waals surface area (Å²) < 4.78 is 1.75. The van der Waals surface area contributed by atoms with E-state index in [0.29, 0.717) is 0 Å². The van der Waals surface area contributed by atoms with E-state index in [0.717, 1.165) is 30.4 Å². The summed E-state index contributed by atoms with van der Waals surface area (Å²) >= 11 is 6.23. The molecule has 0 saturated carbocycles. The van der Waals surface area contributed by atoms with Gasteiger partial charge in [-0.2, -0.15) is 5.10 Å². The van der Waals surface area contributed by atoms with Crippen molar-refractivity contribution in [3.8, 4) is 0 Å². The molecule has 1 heterocycles. The minimum atomic E-state index is 0.202. The van der Waals surface area contributed by atoms with E-state index < -0.39 is 0 Å². The molecule has 1 N–H and O–H groups in total. The lowest BCUT2D eigenvalue weighted by Gasteiger charge is -2.24. The van der Waals surface area contributed by atoms with Crippen molar-refractivity contribution in [3.63, 3.8) is 0 Å².